The average molecular weight is 211 g/mol. The van der Waals surface area contributed by atoms with Gasteiger partial charge in [0.2, 0.25) is 0 Å². The fraction of sp³-hybridized carbons (Fsp3) is 0.600. The van der Waals surface area contributed by atoms with Gasteiger partial charge in [-0.15, -0.1) is 0 Å². The van der Waals surface area contributed by atoms with E-state index in [-0.39, 0.29) is 6.54 Å². The van der Waals surface area contributed by atoms with Gasteiger partial charge in [0.25, 0.3) is 15.9 Å². The van der Waals surface area contributed by atoms with Crippen molar-refractivity contribution in [3.05, 3.63) is 0 Å². The van der Waals surface area contributed by atoms with Crippen LogP contribution >= 0.6 is 0 Å². The lowest BCUT2D eigenvalue weighted by Crippen LogP contribution is -2.31. The second-order valence-corrected chi connectivity index (χ2v) is 3.76. The average Bonchev–Trinajstić information content (AvgIpc) is 1.95. The molecule has 3 N–H and O–H groups in total. The fourth-order valence-corrected chi connectivity index (χ4v) is 0.881. The molecule has 0 aromatic rings. The lowest BCUT2D eigenvalue weighted by atomic mass is 10.4. The van der Waals surface area contributed by atoms with Crippen LogP contribution in [0.15, 0.2) is 0 Å². The first kappa shape index (κ1) is 12.0. The van der Waals surface area contributed by atoms with E-state index in [1.54, 1.807) is 0 Å². The van der Waals surface area contributed by atoms with E-state index in [1.807, 2.05) is 0 Å². The van der Waals surface area contributed by atoms with Gasteiger partial charge in [-0.2, -0.15) is 8.42 Å². The number of ketones is 1. The summed E-state index contributed by atoms with van der Waals surface area (Å²) in [6, 6.07) is 0. The topological polar surface area (TPSA) is 121 Å². The van der Waals surface area contributed by atoms with Crippen LogP contribution in [-0.4, -0.2) is 48.7 Å². The predicted molar refractivity (Wildman–Crippen MR) is 41.9 cm³/mol. The van der Waals surface area contributed by atoms with Crippen molar-refractivity contribution >= 4 is 21.9 Å². The molecule has 0 aromatic carbocycles. The number of hydrogen-bond acceptors (Lipinski definition) is 5. The second-order valence-electron chi connectivity index (χ2n) is 2.19. The Bertz CT molecular complexity index is 294. The Balaban J connectivity index is 3.59. The maximum Gasteiger partial charge on any atom is 0.373 e. The summed E-state index contributed by atoms with van der Waals surface area (Å²) in [5.41, 5.74) is 0. The lowest BCUT2D eigenvalue weighted by molar-refractivity contribution is -0.148. The molecule has 76 valence electrons. The third-order valence-electron chi connectivity index (χ3n) is 1.06. The lowest BCUT2D eigenvalue weighted by Gasteiger charge is -1.99. The first-order chi connectivity index (χ1) is 5.83. The molecule has 0 aliphatic rings. The van der Waals surface area contributed by atoms with Crippen molar-refractivity contribution in [2.45, 2.75) is 0 Å². The Hall–Kier alpha value is -0.990. The zero-order chi connectivity index (χ0) is 10.5. The SMILES string of the molecule is O=C(O)C(=O)CNCCS(=O)(=O)O. The monoisotopic (exact) mass is 211 g/mol. The third-order valence-corrected chi connectivity index (χ3v) is 1.78. The summed E-state index contributed by atoms with van der Waals surface area (Å²) in [4.78, 5) is 20.3. The minimum Gasteiger partial charge on any atom is -0.475 e. The van der Waals surface area contributed by atoms with E-state index < -0.39 is 34.2 Å². The molecule has 0 unspecified atom stereocenters. The summed E-state index contributed by atoms with van der Waals surface area (Å²) in [5, 5.41) is 10.3. The van der Waals surface area contributed by atoms with Gasteiger partial charge in [0.15, 0.2) is 0 Å². The molecule has 0 aliphatic carbocycles. The maximum absolute atomic E-state index is 10.4. The van der Waals surface area contributed by atoms with Crippen LogP contribution in [0.1, 0.15) is 0 Å². The van der Waals surface area contributed by atoms with E-state index >= 15 is 0 Å². The summed E-state index contributed by atoms with van der Waals surface area (Å²) in [5.74, 6) is -3.20. The van der Waals surface area contributed by atoms with Gasteiger partial charge in [0.05, 0.1) is 12.3 Å². The molecule has 0 fully saturated rings. The van der Waals surface area contributed by atoms with E-state index in [9.17, 15) is 18.0 Å². The van der Waals surface area contributed by atoms with Gasteiger partial charge < -0.3 is 10.4 Å². The Morgan fingerprint density at radius 3 is 2.23 bits per heavy atom. The number of nitrogens with one attached hydrogen (secondary N) is 1. The Kier molecular flexibility index (Phi) is 4.52. The van der Waals surface area contributed by atoms with Gasteiger partial charge in [-0.3, -0.25) is 9.35 Å². The second kappa shape index (κ2) is 4.90. The third kappa shape index (κ3) is 7.37. The van der Waals surface area contributed by atoms with E-state index in [2.05, 4.69) is 5.32 Å². The molecule has 0 saturated heterocycles. The smallest absolute Gasteiger partial charge is 0.373 e. The van der Waals surface area contributed by atoms with Crippen molar-refractivity contribution in [3.63, 3.8) is 0 Å². The van der Waals surface area contributed by atoms with E-state index in [4.69, 9.17) is 9.66 Å². The zero-order valence-corrected chi connectivity index (χ0v) is 7.37. The summed E-state index contributed by atoms with van der Waals surface area (Å²) in [7, 11) is -4.06. The van der Waals surface area contributed by atoms with Crippen LogP contribution in [0.25, 0.3) is 0 Å². The van der Waals surface area contributed by atoms with Gasteiger partial charge in [0.1, 0.15) is 0 Å². The van der Waals surface area contributed by atoms with Gasteiger partial charge in [-0.05, 0) is 0 Å². The van der Waals surface area contributed by atoms with Crippen molar-refractivity contribution in [2.75, 3.05) is 18.8 Å². The van der Waals surface area contributed by atoms with Crippen molar-refractivity contribution < 1.29 is 27.7 Å². The number of carboxylic acid groups (broad SMARTS) is 1. The summed E-state index contributed by atoms with van der Waals surface area (Å²) in [6.07, 6.45) is 0. The zero-order valence-electron chi connectivity index (χ0n) is 6.56. The van der Waals surface area contributed by atoms with Gasteiger partial charge in [-0.25, -0.2) is 4.79 Å². The first-order valence-corrected chi connectivity index (χ1v) is 4.86. The van der Waals surface area contributed by atoms with Crippen LogP contribution in [0.4, 0.5) is 0 Å². The van der Waals surface area contributed by atoms with Crippen molar-refractivity contribution in [2.24, 2.45) is 0 Å². The number of carbonyl (C=O) groups is 2. The van der Waals surface area contributed by atoms with Crippen LogP contribution in [0.2, 0.25) is 0 Å². The number of hydrogen-bond donors (Lipinski definition) is 3. The molecule has 0 amide bonds. The van der Waals surface area contributed by atoms with Crippen LogP contribution in [0, 0.1) is 0 Å². The standard InChI is InChI=1S/C5H9NO6S/c7-4(5(8)9)3-6-1-2-13(10,11)12/h6H,1-3H2,(H,8,9)(H,10,11,12). The van der Waals surface area contributed by atoms with Crippen molar-refractivity contribution in [1.29, 1.82) is 0 Å². The molecule has 0 radical (unpaired) electrons. The van der Waals surface area contributed by atoms with E-state index in [0.717, 1.165) is 0 Å². The molecule has 0 heterocycles. The summed E-state index contributed by atoms with van der Waals surface area (Å²) < 4.78 is 28.5. The fourth-order valence-electron chi connectivity index (χ4n) is 0.479. The number of Topliss-reactive ketones (excluding diaryl/α,β-unsaturated/α-hetero) is 1. The molecular formula is C5H9NO6S. The summed E-state index contributed by atoms with van der Waals surface area (Å²) >= 11 is 0. The van der Waals surface area contributed by atoms with E-state index in [0.29, 0.717) is 0 Å². The van der Waals surface area contributed by atoms with E-state index in [1.165, 1.54) is 0 Å². The molecule has 13 heavy (non-hydrogen) atoms. The molecule has 8 heteroatoms. The highest BCUT2D eigenvalue weighted by Gasteiger charge is 2.10. The normalized spacial score (nSPS) is 11.2. The molecule has 7 nitrogen and oxygen atoms in total. The number of aliphatic carboxylic acids is 1. The Labute approximate surface area is 74.5 Å². The van der Waals surface area contributed by atoms with Crippen molar-refractivity contribution in [3.8, 4) is 0 Å². The molecule has 0 bridgehead atoms. The van der Waals surface area contributed by atoms with Gasteiger partial charge in [-0.1, -0.05) is 0 Å². The van der Waals surface area contributed by atoms with Gasteiger partial charge >= 0.3 is 5.97 Å². The highest BCUT2D eigenvalue weighted by molar-refractivity contribution is 7.85. The largest absolute Gasteiger partial charge is 0.475 e. The van der Waals surface area contributed by atoms with Crippen LogP contribution in [-0.2, 0) is 19.7 Å². The molecule has 0 aromatic heterocycles. The van der Waals surface area contributed by atoms with Crippen molar-refractivity contribution in [1.82, 2.24) is 5.32 Å². The molecule has 0 spiro atoms. The minimum atomic E-state index is -4.06. The Morgan fingerprint density at radius 1 is 1.31 bits per heavy atom. The molecule has 0 atom stereocenters. The highest BCUT2D eigenvalue weighted by atomic mass is 32.2. The maximum atomic E-state index is 10.4. The van der Waals surface area contributed by atoms with Crippen LogP contribution in [0.5, 0.6) is 0 Å². The number of rotatable bonds is 6. The van der Waals surface area contributed by atoms with Crippen LogP contribution in [0.3, 0.4) is 0 Å². The molecule has 0 aliphatic heterocycles. The number of carbonyl (C=O) groups excluding carboxylic acids is 1. The quantitative estimate of drug-likeness (QED) is 0.267. The summed E-state index contributed by atoms with van der Waals surface area (Å²) in [6.45, 7) is -0.622. The minimum absolute atomic E-state index is 0.169. The first-order valence-electron chi connectivity index (χ1n) is 3.25. The highest BCUT2D eigenvalue weighted by Crippen LogP contribution is 1.78. The van der Waals surface area contributed by atoms with Crippen LogP contribution < -0.4 is 5.32 Å². The Morgan fingerprint density at radius 2 is 1.85 bits per heavy atom. The molecule has 0 saturated carbocycles. The number of carboxylic acids is 1. The molecule has 0 rings (SSSR count). The molecular weight excluding hydrogens is 202 g/mol. The van der Waals surface area contributed by atoms with Gasteiger partial charge in [0, 0.05) is 6.54 Å². The predicted octanol–water partition coefficient (Wildman–Crippen LogP) is -1.88.